The van der Waals surface area contributed by atoms with E-state index in [1.165, 1.54) is 0 Å². The minimum atomic E-state index is -0.774. The van der Waals surface area contributed by atoms with Crippen LogP contribution in [0, 0.1) is 11.8 Å². The Kier molecular flexibility index (Phi) is 4.80. The van der Waals surface area contributed by atoms with Crippen molar-refractivity contribution in [3.8, 4) is 11.1 Å². The zero-order valence-electron chi connectivity index (χ0n) is 19.6. The number of carbonyl (C=O) groups excluding carboxylic acids is 2. The van der Waals surface area contributed by atoms with Crippen LogP contribution in [0.1, 0.15) is 32.3 Å². The summed E-state index contributed by atoms with van der Waals surface area (Å²) in [5.41, 5.74) is 3.27. The summed E-state index contributed by atoms with van der Waals surface area (Å²) in [6, 6.07) is 18.4. The second-order valence-electron chi connectivity index (χ2n) is 10.3. The van der Waals surface area contributed by atoms with Gasteiger partial charge in [-0.3, -0.25) is 24.5 Å². The Bertz CT molecular complexity index is 1320. The third-order valence-electron chi connectivity index (χ3n) is 7.11. The van der Waals surface area contributed by atoms with Gasteiger partial charge in [-0.2, -0.15) is 0 Å². The van der Waals surface area contributed by atoms with E-state index in [0.717, 1.165) is 59.4 Å². The fourth-order valence-electron chi connectivity index (χ4n) is 4.94. The molecule has 0 spiro atoms. The molecule has 6 heteroatoms. The van der Waals surface area contributed by atoms with Crippen molar-refractivity contribution in [1.29, 1.82) is 0 Å². The molecule has 6 rings (SSSR count). The van der Waals surface area contributed by atoms with E-state index >= 15 is 0 Å². The summed E-state index contributed by atoms with van der Waals surface area (Å²) in [5.74, 6) is 1.59. The van der Waals surface area contributed by atoms with Gasteiger partial charge in [-0.15, -0.1) is 0 Å². The van der Waals surface area contributed by atoms with Crippen molar-refractivity contribution >= 4 is 28.6 Å². The molecule has 34 heavy (non-hydrogen) atoms. The van der Waals surface area contributed by atoms with Gasteiger partial charge in [-0.1, -0.05) is 42.5 Å². The third kappa shape index (κ3) is 3.67. The number of rotatable bonds is 5. The first-order valence-corrected chi connectivity index (χ1v) is 12.1. The van der Waals surface area contributed by atoms with Crippen molar-refractivity contribution in [1.82, 2.24) is 14.8 Å². The molecule has 1 aliphatic carbocycles. The number of aliphatic imine (C=N–C) groups is 1. The first-order chi connectivity index (χ1) is 16.4. The van der Waals surface area contributed by atoms with Gasteiger partial charge in [-0.25, -0.2) is 0 Å². The molecule has 0 atom stereocenters. The minimum absolute atomic E-state index is 0.0253. The summed E-state index contributed by atoms with van der Waals surface area (Å²) in [5, 5.41) is 1.11. The van der Waals surface area contributed by atoms with Crippen LogP contribution in [0.5, 0.6) is 0 Å². The number of aromatic nitrogens is 1. The van der Waals surface area contributed by atoms with Crippen LogP contribution in [0.25, 0.3) is 22.0 Å². The predicted octanol–water partition coefficient (Wildman–Crippen LogP) is 4.14. The monoisotopic (exact) mass is 452 g/mol. The van der Waals surface area contributed by atoms with E-state index in [1.807, 2.05) is 60.2 Å². The van der Waals surface area contributed by atoms with E-state index in [-0.39, 0.29) is 17.7 Å². The molecule has 3 aliphatic rings. The van der Waals surface area contributed by atoms with Gasteiger partial charge in [0.1, 0.15) is 11.4 Å². The van der Waals surface area contributed by atoms with Gasteiger partial charge in [-0.05, 0) is 44.4 Å². The standard InChI is InChI=1S/C28H28N4O2/c1-28(2)27(34)32(17-18-15-31(16-18)26(33)21-11-12-21)25(30-28)20-9-7-19(8-10-20)23-13-22-5-3-4-6-24(22)29-14-23/h3-10,13-14,18,21H,11-12,15-17H2,1-2H3. The van der Waals surface area contributed by atoms with Crippen LogP contribution in [0.4, 0.5) is 0 Å². The first kappa shape index (κ1) is 21.0. The lowest BCUT2D eigenvalue weighted by Gasteiger charge is -2.41. The molecule has 0 N–H and O–H groups in total. The average molecular weight is 453 g/mol. The lowest BCUT2D eigenvalue weighted by molar-refractivity contribution is -0.140. The van der Waals surface area contributed by atoms with E-state index in [4.69, 9.17) is 4.99 Å². The van der Waals surface area contributed by atoms with Crippen LogP contribution in [0.15, 0.2) is 65.8 Å². The molecule has 2 aromatic carbocycles. The van der Waals surface area contributed by atoms with Crippen molar-refractivity contribution in [2.24, 2.45) is 16.8 Å². The number of para-hydroxylation sites is 1. The third-order valence-corrected chi connectivity index (χ3v) is 7.11. The summed E-state index contributed by atoms with van der Waals surface area (Å²) in [6.07, 6.45) is 3.95. The Labute approximate surface area is 199 Å². The molecule has 0 radical (unpaired) electrons. The van der Waals surface area contributed by atoms with E-state index in [0.29, 0.717) is 12.5 Å². The topological polar surface area (TPSA) is 65.9 Å². The quantitative estimate of drug-likeness (QED) is 0.585. The number of pyridine rings is 1. The Morgan fingerprint density at radius 1 is 1.00 bits per heavy atom. The molecule has 2 amide bonds. The van der Waals surface area contributed by atoms with Crippen molar-refractivity contribution in [2.75, 3.05) is 19.6 Å². The second-order valence-corrected chi connectivity index (χ2v) is 10.3. The Morgan fingerprint density at radius 3 is 2.44 bits per heavy atom. The Morgan fingerprint density at radius 2 is 1.71 bits per heavy atom. The van der Waals surface area contributed by atoms with Gasteiger partial charge < -0.3 is 4.90 Å². The molecular formula is C28H28N4O2. The van der Waals surface area contributed by atoms with Crippen LogP contribution in [0.2, 0.25) is 0 Å². The number of likely N-dealkylation sites (tertiary alicyclic amines) is 1. The zero-order chi connectivity index (χ0) is 23.4. The highest BCUT2D eigenvalue weighted by Crippen LogP contribution is 2.34. The summed E-state index contributed by atoms with van der Waals surface area (Å²) < 4.78 is 0. The highest BCUT2D eigenvalue weighted by molar-refractivity contribution is 6.15. The number of carbonyl (C=O) groups is 2. The maximum Gasteiger partial charge on any atom is 0.255 e. The molecule has 1 aromatic heterocycles. The van der Waals surface area contributed by atoms with Crippen molar-refractivity contribution in [2.45, 2.75) is 32.2 Å². The number of hydrogen-bond donors (Lipinski definition) is 0. The van der Waals surface area contributed by atoms with Crippen LogP contribution < -0.4 is 0 Å². The zero-order valence-corrected chi connectivity index (χ0v) is 19.6. The lowest BCUT2D eigenvalue weighted by Crippen LogP contribution is -2.55. The van der Waals surface area contributed by atoms with Crippen molar-refractivity contribution in [3.63, 3.8) is 0 Å². The van der Waals surface area contributed by atoms with Crippen LogP contribution in [0.3, 0.4) is 0 Å². The van der Waals surface area contributed by atoms with Gasteiger partial charge in [0, 0.05) is 54.2 Å². The minimum Gasteiger partial charge on any atom is -0.342 e. The summed E-state index contributed by atoms with van der Waals surface area (Å²) >= 11 is 0. The van der Waals surface area contributed by atoms with Gasteiger partial charge in [0.25, 0.3) is 5.91 Å². The molecular weight excluding hydrogens is 424 g/mol. The predicted molar refractivity (Wildman–Crippen MR) is 132 cm³/mol. The van der Waals surface area contributed by atoms with Crippen molar-refractivity contribution < 1.29 is 9.59 Å². The number of nitrogens with zero attached hydrogens (tertiary/aromatic N) is 4. The maximum absolute atomic E-state index is 13.2. The normalized spacial score (nSPS) is 19.9. The number of fused-ring (bicyclic) bond motifs is 1. The maximum atomic E-state index is 13.2. The summed E-state index contributed by atoms with van der Waals surface area (Å²) in [7, 11) is 0. The number of hydrogen-bond acceptors (Lipinski definition) is 4. The average Bonchev–Trinajstić information content (AvgIpc) is 3.64. The van der Waals surface area contributed by atoms with Crippen LogP contribution in [-0.4, -0.2) is 57.6 Å². The largest absolute Gasteiger partial charge is 0.342 e. The van der Waals surface area contributed by atoms with E-state index in [9.17, 15) is 9.59 Å². The highest BCUT2D eigenvalue weighted by atomic mass is 16.2. The first-order valence-electron chi connectivity index (χ1n) is 12.1. The fraction of sp³-hybridized carbons (Fsp3) is 0.357. The molecule has 2 fully saturated rings. The highest BCUT2D eigenvalue weighted by Gasteiger charge is 2.45. The Hall–Kier alpha value is -3.54. The van der Waals surface area contributed by atoms with E-state index < -0.39 is 5.54 Å². The molecule has 6 nitrogen and oxygen atoms in total. The van der Waals surface area contributed by atoms with E-state index in [1.54, 1.807) is 0 Å². The van der Waals surface area contributed by atoms with Gasteiger partial charge in [0.2, 0.25) is 5.91 Å². The summed E-state index contributed by atoms with van der Waals surface area (Å²) in [4.78, 5) is 38.6. The van der Waals surface area contributed by atoms with Gasteiger partial charge in [0.05, 0.1) is 5.52 Å². The smallest absolute Gasteiger partial charge is 0.255 e. The Balaban J connectivity index is 1.21. The van der Waals surface area contributed by atoms with Gasteiger partial charge in [0.15, 0.2) is 0 Å². The van der Waals surface area contributed by atoms with E-state index in [2.05, 4.69) is 29.2 Å². The molecule has 2 aliphatic heterocycles. The second kappa shape index (κ2) is 7.76. The number of benzene rings is 2. The molecule has 3 heterocycles. The number of amidine groups is 1. The molecule has 3 aromatic rings. The summed E-state index contributed by atoms with van der Waals surface area (Å²) in [6.45, 7) is 5.82. The molecule has 1 saturated heterocycles. The lowest BCUT2D eigenvalue weighted by atomic mass is 9.97. The molecule has 172 valence electrons. The molecule has 1 saturated carbocycles. The SMILES string of the molecule is CC1(C)N=C(c2ccc(-c3cnc4ccccc4c3)cc2)N(CC2CN(C(=O)C3CC3)C2)C1=O. The fourth-order valence-corrected chi connectivity index (χ4v) is 4.94. The number of amides is 2. The van der Waals surface area contributed by atoms with Gasteiger partial charge >= 0.3 is 0 Å². The molecule has 0 unspecified atom stereocenters. The van der Waals surface area contributed by atoms with Crippen LogP contribution in [-0.2, 0) is 9.59 Å². The van der Waals surface area contributed by atoms with Crippen LogP contribution >= 0.6 is 0 Å². The van der Waals surface area contributed by atoms with Crippen molar-refractivity contribution in [3.05, 3.63) is 66.4 Å². The molecule has 0 bridgehead atoms.